The second kappa shape index (κ2) is 5.27. The van der Waals surface area contributed by atoms with E-state index in [4.69, 9.17) is 0 Å². The highest BCUT2D eigenvalue weighted by Gasteiger charge is 2.16. The van der Waals surface area contributed by atoms with Crippen LogP contribution in [0.25, 0.3) is 0 Å². The van der Waals surface area contributed by atoms with Crippen molar-refractivity contribution < 1.29 is 4.79 Å². The molecule has 0 aromatic carbocycles. The van der Waals surface area contributed by atoms with Gasteiger partial charge < -0.3 is 10.2 Å². The number of anilines is 2. The van der Waals surface area contributed by atoms with Crippen molar-refractivity contribution in [1.29, 1.82) is 0 Å². The minimum Gasteiger partial charge on any atom is -0.387 e. The number of nitrogens with zero attached hydrogens (tertiary/aromatic N) is 3. The Morgan fingerprint density at radius 2 is 1.83 bits per heavy atom. The van der Waals surface area contributed by atoms with Crippen LogP contribution in [0.1, 0.15) is 10.4 Å². The number of pyridine rings is 2. The van der Waals surface area contributed by atoms with Crippen molar-refractivity contribution in [3.8, 4) is 0 Å². The van der Waals surface area contributed by atoms with Gasteiger partial charge in [-0.1, -0.05) is 0 Å². The molecule has 5 nitrogen and oxygen atoms in total. The summed E-state index contributed by atoms with van der Waals surface area (Å²) in [6.07, 6.45) is 6.52. The maximum atomic E-state index is 12.4. The Hall–Kier alpha value is -2.43. The Bertz CT molecular complexity index is 542. The fraction of sp³-hybridized carbons (Fsp3) is 0.154. The van der Waals surface area contributed by atoms with Crippen molar-refractivity contribution in [1.82, 2.24) is 9.97 Å². The van der Waals surface area contributed by atoms with Gasteiger partial charge in [-0.05, 0) is 18.2 Å². The molecule has 0 radical (unpaired) electrons. The van der Waals surface area contributed by atoms with E-state index in [9.17, 15) is 4.79 Å². The van der Waals surface area contributed by atoms with Gasteiger partial charge in [0.25, 0.3) is 5.91 Å². The fourth-order valence-corrected chi connectivity index (χ4v) is 1.65. The first-order valence-corrected chi connectivity index (χ1v) is 5.54. The first kappa shape index (κ1) is 12.0. The lowest BCUT2D eigenvalue weighted by molar-refractivity contribution is 0.0993. The van der Waals surface area contributed by atoms with Gasteiger partial charge in [-0.15, -0.1) is 0 Å². The first-order chi connectivity index (χ1) is 8.74. The average molecular weight is 242 g/mol. The standard InChI is InChI=1S/C13H14N4O/c1-14-12-5-8-16-9-11(12)13(18)17(2)10-3-6-15-7-4-10/h3-9H,1-2H3,(H,14,16). The molecule has 5 heteroatoms. The third-order valence-corrected chi connectivity index (χ3v) is 2.68. The molecule has 2 aromatic rings. The van der Waals surface area contributed by atoms with Gasteiger partial charge in [0.05, 0.1) is 5.56 Å². The number of rotatable bonds is 3. The predicted octanol–water partition coefficient (Wildman–Crippen LogP) is 1.79. The van der Waals surface area contributed by atoms with Gasteiger partial charge in [0.2, 0.25) is 0 Å². The molecule has 0 fully saturated rings. The SMILES string of the molecule is CNc1ccncc1C(=O)N(C)c1ccncc1. The summed E-state index contributed by atoms with van der Waals surface area (Å²) < 4.78 is 0. The summed E-state index contributed by atoms with van der Waals surface area (Å²) in [6, 6.07) is 5.34. The molecule has 0 unspecified atom stereocenters. The van der Waals surface area contributed by atoms with Crippen LogP contribution in [0.4, 0.5) is 11.4 Å². The zero-order chi connectivity index (χ0) is 13.0. The van der Waals surface area contributed by atoms with Crippen molar-refractivity contribution in [3.63, 3.8) is 0 Å². The number of carbonyl (C=O) groups excluding carboxylic acids is 1. The van der Waals surface area contributed by atoms with Crippen molar-refractivity contribution >= 4 is 17.3 Å². The highest BCUT2D eigenvalue weighted by atomic mass is 16.2. The highest BCUT2D eigenvalue weighted by Crippen LogP contribution is 2.18. The molecule has 2 heterocycles. The molecular formula is C13H14N4O. The van der Waals surface area contributed by atoms with E-state index in [0.717, 1.165) is 11.4 Å². The molecule has 0 aliphatic rings. The Kier molecular flexibility index (Phi) is 3.52. The lowest BCUT2D eigenvalue weighted by Crippen LogP contribution is -2.27. The fourth-order valence-electron chi connectivity index (χ4n) is 1.65. The van der Waals surface area contributed by atoms with Crippen LogP contribution in [0.5, 0.6) is 0 Å². The number of amides is 1. The molecule has 0 aliphatic carbocycles. The average Bonchev–Trinajstić information content (AvgIpc) is 2.46. The zero-order valence-corrected chi connectivity index (χ0v) is 10.3. The molecule has 0 saturated carbocycles. The first-order valence-electron chi connectivity index (χ1n) is 5.54. The van der Waals surface area contributed by atoms with E-state index in [2.05, 4.69) is 15.3 Å². The molecule has 1 amide bonds. The van der Waals surface area contributed by atoms with Crippen LogP contribution in [-0.4, -0.2) is 30.0 Å². The molecule has 2 rings (SSSR count). The van der Waals surface area contributed by atoms with E-state index in [0.29, 0.717) is 5.56 Å². The van der Waals surface area contributed by atoms with Crippen LogP contribution in [-0.2, 0) is 0 Å². The second-order valence-corrected chi connectivity index (χ2v) is 3.74. The van der Waals surface area contributed by atoms with E-state index in [1.54, 1.807) is 62.0 Å². The minimum atomic E-state index is -0.112. The topological polar surface area (TPSA) is 58.1 Å². The molecule has 0 atom stereocenters. The lowest BCUT2D eigenvalue weighted by Gasteiger charge is -2.18. The molecule has 1 N–H and O–H groups in total. The molecular weight excluding hydrogens is 228 g/mol. The summed E-state index contributed by atoms with van der Waals surface area (Å²) in [5.74, 6) is -0.112. The van der Waals surface area contributed by atoms with E-state index >= 15 is 0 Å². The van der Waals surface area contributed by atoms with E-state index in [1.807, 2.05) is 0 Å². The third-order valence-electron chi connectivity index (χ3n) is 2.68. The Morgan fingerprint density at radius 3 is 2.50 bits per heavy atom. The minimum absolute atomic E-state index is 0.112. The third kappa shape index (κ3) is 2.29. The Labute approximate surface area is 105 Å². The van der Waals surface area contributed by atoms with Crippen LogP contribution in [0.15, 0.2) is 43.0 Å². The Balaban J connectivity index is 2.32. The van der Waals surface area contributed by atoms with Crippen LogP contribution in [0.3, 0.4) is 0 Å². The summed E-state index contributed by atoms with van der Waals surface area (Å²) in [4.78, 5) is 21.8. The normalized spacial score (nSPS) is 9.89. The summed E-state index contributed by atoms with van der Waals surface area (Å²) >= 11 is 0. The quantitative estimate of drug-likeness (QED) is 0.891. The van der Waals surface area contributed by atoms with Crippen LogP contribution < -0.4 is 10.2 Å². The molecule has 18 heavy (non-hydrogen) atoms. The van der Waals surface area contributed by atoms with Gasteiger partial charge >= 0.3 is 0 Å². The largest absolute Gasteiger partial charge is 0.387 e. The van der Waals surface area contributed by atoms with Gasteiger partial charge in [0.1, 0.15) is 0 Å². The number of hydrogen-bond acceptors (Lipinski definition) is 4. The number of aromatic nitrogens is 2. The van der Waals surface area contributed by atoms with Crippen LogP contribution >= 0.6 is 0 Å². The van der Waals surface area contributed by atoms with Crippen molar-refractivity contribution in [2.24, 2.45) is 0 Å². The van der Waals surface area contributed by atoms with Crippen molar-refractivity contribution in [2.45, 2.75) is 0 Å². The maximum Gasteiger partial charge on any atom is 0.261 e. The molecule has 2 aromatic heterocycles. The van der Waals surface area contributed by atoms with E-state index < -0.39 is 0 Å². The van der Waals surface area contributed by atoms with Gasteiger partial charge in [-0.2, -0.15) is 0 Å². The molecule has 0 spiro atoms. The predicted molar refractivity (Wildman–Crippen MR) is 70.8 cm³/mol. The van der Waals surface area contributed by atoms with Gasteiger partial charge in [-0.25, -0.2) is 0 Å². The second-order valence-electron chi connectivity index (χ2n) is 3.74. The summed E-state index contributed by atoms with van der Waals surface area (Å²) in [7, 11) is 3.50. The number of nitrogens with one attached hydrogen (secondary N) is 1. The maximum absolute atomic E-state index is 12.4. The molecule has 92 valence electrons. The number of carbonyl (C=O) groups is 1. The summed E-state index contributed by atoms with van der Waals surface area (Å²) in [6.45, 7) is 0. The Morgan fingerprint density at radius 1 is 1.17 bits per heavy atom. The zero-order valence-electron chi connectivity index (χ0n) is 10.3. The molecule has 0 saturated heterocycles. The van der Waals surface area contributed by atoms with Gasteiger partial charge in [0.15, 0.2) is 0 Å². The van der Waals surface area contributed by atoms with E-state index in [-0.39, 0.29) is 5.91 Å². The van der Waals surface area contributed by atoms with Gasteiger partial charge in [-0.3, -0.25) is 14.8 Å². The highest BCUT2D eigenvalue weighted by molar-refractivity contribution is 6.08. The van der Waals surface area contributed by atoms with Crippen LogP contribution in [0, 0.1) is 0 Å². The summed E-state index contributed by atoms with van der Waals surface area (Å²) in [5.41, 5.74) is 2.09. The van der Waals surface area contributed by atoms with Crippen LogP contribution in [0.2, 0.25) is 0 Å². The molecule has 0 aliphatic heterocycles. The lowest BCUT2D eigenvalue weighted by atomic mass is 10.2. The summed E-state index contributed by atoms with van der Waals surface area (Å²) in [5, 5.41) is 2.98. The van der Waals surface area contributed by atoms with Crippen molar-refractivity contribution in [3.05, 3.63) is 48.5 Å². The number of hydrogen-bond donors (Lipinski definition) is 1. The van der Waals surface area contributed by atoms with Gasteiger partial charge in [0, 0.05) is 50.3 Å². The molecule has 0 bridgehead atoms. The van der Waals surface area contributed by atoms with E-state index in [1.165, 1.54) is 0 Å². The monoisotopic (exact) mass is 242 g/mol. The smallest absolute Gasteiger partial charge is 0.261 e. The van der Waals surface area contributed by atoms with Crippen molar-refractivity contribution in [2.75, 3.05) is 24.3 Å².